The third kappa shape index (κ3) is 4.17. The van der Waals surface area contributed by atoms with Crippen LogP contribution < -0.4 is 11.1 Å². The third-order valence-corrected chi connectivity index (χ3v) is 5.83. The molecule has 4 aromatic rings. The second-order valence-corrected chi connectivity index (χ2v) is 8.23. The number of hydrogen-bond donors (Lipinski definition) is 2. The Labute approximate surface area is 194 Å². The quantitative estimate of drug-likeness (QED) is 0.405. The number of halogens is 4. The Kier molecular flexibility index (Phi) is 5.40. The van der Waals surface area contributed by atoms with Crippen LogP contribution in [0.25, 0.3) is 27.9 Å². The van der Waals surface area contributed by atoms with Crippen LogP contribution >= 0.6 is 0 Å². The van der Waals surface area contributed by atoms with Gasteiger partial charge in [-0.05, 0) is 24.6 Å². The first-order chi connectivity index (χ1) is 16.6. The summed E-state index contributed by atoms with van der Waals surface area (Å²) in [5.41, 5.74) is 7.97. The van der Waals surface area contributed by atoms with Crippen molar-refractivity contribution in [2.24, 2.45) is 0 Å². The number of nitrogen functional groups attached to an aromatic ring is 1. The van der Waals surface area contributed by atoms with Crippen molar-refractivity contribution >= 4 is 34.4 Å². The third-order valence-electron chi connectivity index (χ3n) is 5.83. The highest BCUT2D eigenvalue weighted by molar-refractivity contribution is 5.88. The van der Waals surface area contributed by atoms with Gasteiger partial charge in [0.05, 0.1) is 18.3 Å². The average molecular weight is 492 g/mol. The Morgan fingerprint density at radius 2 is 2.09 bits per heavy atom. The predicted molar refractivity (Wildman–Crippen MR) is 117 cm³/mol. The molecular formula is C20H20F4N10O. The Morgan fingerprint density at radius 1 is 1.29 bits per heavy atom. The normalized spacial score (nSPS) is 18.0. The average Bonchev–Trinajstić information content (AvgIpc) is 3.39. The maximum atomic E-state index is 14.6. The molecule has 0 spiro atoms. The summed E-state index contributed by atoms with van der Waals surface area (Å²) in [7, 11) is 0. The van der Waals surface area contributed by atoms with E-state index in [1.807, 2.05) is 0 Å². The van der Waals surface area contributed by atoms with Gasteiger partial charge < -0.3 is 16.0 Å². The first kappa shape index (κ1) is 22.7. The zero-order valence-electron chi connectivity index (χ0n) is 18.4. The molecule has 1 aliphatic heterocycles. The standard InChI is InChI=1S/C20H20F4N10O/c1-10(35)32-6-5-14(20(23,24)9-32)27-19-28-17(25)16-11(4-7-33(16)30-19)12-2-3-13-18(26-12)34(31-29-13)8-15(21)22/h2-4,7,14-15H,5-6,8-9H2,1H3,(H3,25,27,28,30)/t14-/m1/s1. The highest BCUT2D eigenvalue weighted by Crippen LogP contribution is 2.32. The van der Waals surface area contributed by atoms with E-state index in [1.54, 1.807) is 24.4 Å². The molecule has 35 heavy (non-hydrogen) atoms. The molecule has 1 fully saturated rings. The van der Waals surface area contributed by atoms with E-state index >= 15 is 0 Å². The van der Waals surface area contributed by atoms with Crippen LogP contribution in [0.3, 0.4) is 0 Å². The van der Waals surface area contributed by atoms with Crippen molar-refractivity contribution in [1.29, 1.82) is 0 Å². The minimum atomic E-state index is -3.19. The lowest BCUT2D eigenvalue weighted by atomic mass is 10.0. The molecule has 1 amide bonds. The summed E-state index contributed by atoms with van der Waals surface area (Å²) in [6.45, 7) is 0.0797. The van der Waals surface area contributed by atoms with E-state index in [4.69, 9.17) is 5.73 Å². The van der Waals surface area contributed by atoms with E-state index in [0.29, 0.717) is 22.3 Å². The largest absolute Gasteiger partial charge is 0.382 e. The molecular weight excluding hydrogens is 472 g/mol. The van der Waals surface area contributed by atoms with Crippen LogP contribution in [0.5, 0.6) is 0 Å². The monoisotopic (exact) mass is 492 g/mol. The SMILES string of the molecule is CC(=O)N1CC[C@@H](Nc2nc(N)c3c(-c4ccc5nnn(CC(F)F)c5n4)ccn3n2)C(F)(F)C1. The summed E-state index contributed by atoms with van der Waals surface area (Å²) < 4.78 is 57.3. The second-order valence-electron chi connectivity index (χ2n) is 8.23. The number of nitrogens with one attached hydrogen (secondary N) is 1. The van der Waals surface area contributed by atoms with Crippen LogP contribution in [0.4, 0.5) is 29.3 Å². The van der Waals surface area contributed by atoms with Crippen LogP contribution in [0.1, 0.15) is 13.3 Å². The summed E-state index contributed by atoms with van der Waals surface area (Å²) >= 11 is 0. The molecule has 1 aliphatic rings. The van der Waals surface area contributed by atoms with Gasteiger partial charge >= 0.3 is 0 Å². The molecule has 184 valence electrons. The smallest absolute Gasteiger partial charge is 0.285 e. The summed E-state index contributed by atoms with van der Waals surface area (Å²) in [5, 5.41) is 14.4. The fraction of sp³-hybridized carbons (Fsp3) is 0.400. The van der Waals surface area contributed by atoms with Gasteiger partial charge in [-0.1, -0.05) is 5.21 Å². The van der Waals surface area contributed by atoms with Crippen molar-refractivity contribution in [2.45, 2.75) is 38.3 Å². The van der Waals surface area contributed by atoms with E-state index in [0.717, 1.165) is 9.58 Å². The highest BCUT2D eigenvalue weighted by Gasteiger charge is 2.45. The molecule has 4 aromatic heterocycles. The molecule has 0 aliphatic carbocycles. The maximum absolute atomic E-state index is 14.6. The number of carbonyl (C=O) groups excluding carboxylic acids is 1. The Morgan fingerprint density at radius 3 is 2.80 bits per heavy atom. The van der Waals surface area contributed by atoms with Gasteiger partial charge in [0.15, 0.2) is 11.5 Å². The predicted octanol–water partition coefficient (Wildman–Crippen LogP) is 2.05. The van der Waals surface area contributed by atoms with Gasteiger partial charge in [0, 0.05) is 25.2 Å². The number of pyridine rings is 1. The molecule has 11 nitrogen and oxygen atoms in total. The Hall–Kier alpha value is -4.04. The number of nitrogens with two attached hydrogens (primary N) is 1. The first-order valence-electron chi connectivity index (χ1n) is 10.7. The molecule has 15 heteroatoms. The van der Waals surface area contributed by atoms with Gasteiger partial charge in [-0.15, -0.1) is 10.2 Å². The molecule has 0 radical (unpaired) electrons. The number of rotatable bonds is 5. The van der Waals surface area contributed by atoms with Crippen molar-refractivity contribution < 1.29 is 22.4 Å². The van der Waals surface area contributed by atoms with E-state index in [2.05, 4.69) is 30.7 Å². The van der Waals surface area contributed by atoms with Gasteiger partial charge in [-0.2, -0.15) is 4.98 Å². The van der Waals surface area contributed by atoms with E-state index in [1.165, 1.54) is 11.4 Å². The van der Waals surface area contributed by atoms with Crippen molar-refractivity contribution in [2.75, 3.05) is 24.1 Å². The number of hydrogen-bond acceptors (Lipinski definition) is 8. The zero-order chi connectivity index (χ0) is 24.9. The van der Waals surface area contributed by atoms with Crippen molar-refractivity contribution in [3.05, 3.63) is 24.4 Å². The summed E-state index contributed by atoms with van der Waals surface area (Å²) in [6.07, 6.45) is -1.06. The number of alkyl halides is 4. The van der Waals surface area contributed by atoms with Crippen LogP contribution in [0.15, 0.2) is 24.4 Å². The number of nitrogens with zero attached hydrogens (tertiary/aromatic N) is 8. The molecule has 3 N–H and O–H groups in total. The number of likely N-dealkylation sites (tertiary alicyclic amines) is 1. The summed E-state index contributed by atoms with van der Waals surface area (Å²) in [4.78, 5) is 21.1. The number of carbonyl (C=O) groups is 1. The fourth-order valence-electron chi connectivity index (χ4n) is 4.12. The van der Waals surface area contributed by atoms with Crippen LogP contribution in [0, 0.1) is 0 Å². The lowest BCUT2D eigenvalue weighted by Gasteiger charge is -2.38. The molecule has 0 bridgehead atoms. The Bertz CT molecular complexity index is 1420. The lowest BCUT2D eigenvalue weighted by Crippen LogP contribution is -2.55. The molecule has 0 saturated carbocycles. The van der Waals surface area contributed by atoms with Gasteiger partial charge in [0.25, 0.3) is 12.3 Å². The summed E-state index contributed by atoms with van der Waals surface area (Å²) in [5.74, 6) is -3.69. The van der Waals surface area contributed by atoms with Crippen LogP contribution in [-0.4, -0.2) is 76.9 Å². The molecule has 0 aromatic carbocycles. The first-order valence-corrected chi connectivity index (χ1v) is 10.7. The number of fused-ring (bicyclic) bond motifs is 2. The molecule has 0 unspecified atom stereocenters. The van der Waals surface area contributed by atoms with Gasteiger partial charge in [-0.3, -0.25) is 4.79 Å². The van der Waals surface area contributed by atoms with Gasteiger partial charge in [0.1, 0.15) is 17.6 Å². The van der Waals surface area contributed by atoms with Crippen molar-refractivity contribution in [3.8, 4) is 11.3 Å². The molecule has 1 atom stereocenters. The molecule has 5 heterocycles. The zero-order valence-corrected chi connectivity index (χ0v) is 18.4. The fourth-order valence-corrected chi connectivity index (χ4v) is 4.12. The number of piperidine rings is 1. The van der Waals surface area contributed by atoms with Crippen LogP contribution in [-0.2, 0) is 11.3 Å². The van der Waals surface area contributed by atoms with E-state index in [-0.39, 0.29) is 30.4 Å². The number of anilines is 2. The molecule has 1 saturated heterocycles. The number of amides is 1. The lowest BCUT2D eigenvalue weighted by molar-refractivity contribution is -0.140. The minimum Gasteiger partial charge on any atom is -0.382 e. The van der Waals surface area contributed by atoms with Crippen molar-refractivity contribution in [1.82, 2.24) is 39.5 Å². The Balaban J connectivity index is 1.45. The van der Waals surface area contributed by atoms with Crippen molar-refractivity contribution in [3.63, 3.8) is 0 Å². The van der Waals surface area contributed by atoms with E-state index < -0.39 is 37.4 Å². The minimum absolute atomic E-state index is 0.00750. The second kappa shape index (κ2) is 8.32. The van der Waals surface area contributed by atoms with Gasteiger partial charge in [-0.25, -0.2) is 31.7 Å². The molecule has 5 rings (SSSR count). The topological polar surface area (TPSA) is 132 Å². The summed E-state index contributed by atoms with van der Waals surface area (Å²) in [6, 6.07) is 3.60. The van der Waals surface area contributed by atoms with E-state index in [9.17, 15) is 22.4 Å². The number of aromatic nitrogens is 7. The maximum Gasteiger partial charge on any atom is 0.285 e. The van der Waals surface area contributed by atoms with Gasteiger partial charge in [0.2, 0.25) is 11.9 Å². The highest BCUT2D eigenvalue weighted by atomic mass is 19.3. The van der Waals surface area contributed by atoms with Crippen LogP contribution in [0.2, 0.25) is 0 Å².